The van der Waals surface area contributed by atoms with Crippen molar-refractivity contribution < 1.29 is 27.5 Å². The van der Waals surface area contributed by atoms with Crippen LogP contribution in [-0.2, 0) is 17.4 Å². The van der Waals surface area contributed by atoms with E-state index in [-0.39, 0.29) is 18.8 Å². The molecule has 0 bridgehead atoms. The lowest BCUT2D eigenvalue weighted by Gasteiger charge is -2.12. The van der Waals surface area contributed by atoms with Gasteiger partial charge in [-0.3, -0.25) is 15.2 Å². The second-order valence-electron chi connectivity index (χ2n) is 5.56. The first-order chi connectivity index (χ1) is 12.3. The fourth-order valence-corrected chi connectivity index (χ4v) is 2.40. The van der Waals surface area contributed by atoms with Gasteiger partial charge in [0.2, 0.25) is 0 Å². The molecule has 3 rings (SSSR count). The van der Waals surface area contributed by atoms with E-state index in [1.54, 1.807) is 0 Å². The van der Waals surface area contributed by atoms with Gasteiger partial charge in [0.25, 0.3) is 5.91 Å². The van der Waals surface area contributed by atoms with Gasteiger partial charge in [0.15, 0.2) is 0 Å². The predicted molar refractivity (Wildman–Crippen MR) is 86.9 cm³/mol. The van der Waals surface area contributed by atoms with E-state index in [9.17, 15) is 23.1 Å². The van der Waals surface area contributed by atoms with Crippen LogP contribution < -0.4 is 5.43 Å². The van der Waals surface area contributed by atoms with Gasteiger partial charge in [0.1, 0.15) is 25.0 Å². The highest BCUT2D eigenvalue weighted by Gasteiger charge is 2.30. The number of hydrogen-bond donors (Lipinski definition) is 2. The zero-order valence-electron chi connectivity index (χ0n) is 13.3. The van der Waals surface area contributed by atoms with Gasteiger partial charge in [-0.1, -0.05) is 12.1 Å². The number of nitrogens with one attached hydrogen (secondary N) is 1. The van der Waals surface area contributed by atoms with Crippen LogP contribution in [0.4, 0.5) is 13.2 Å². The van der Waals surface area contributed by atoms with Gasteiger partial charge in [-0.25, -0.2) is 5.01 Å². The highest BCUT2D eigenvalue weighted by molar-refractivity contribution is 5.94. The Balaban J connectivity index is 1.75. The first kappa shape index (κ1) is 17.6. The molecule has 1 aliphatic heterocycles. The van der Waals surface area contributed by atoms with E-state index in [1.165, 1.54) is 36.0 Å². The van der Waals surface area contributed by atoms with Crippen LogP contribution in [0.15, 0.2) is 52.3 Å². The molecule has 1 amide bonds. The zero-order chi connectivity index (χ0) is 18.7. The SMILES string of the molecule is O=C(C=C(O)c1cocc1Cc1ccc(C(F)(F)F)cc1)N1CN=CN1. The molecule has 0 saturated carbocycles. The van der Waals surface area contributed by atoms with E-state index < -0.39 is 17.6 Å². The Hall–Kier alpha value is -3.23. The number of hydrazine groups is 1. The van der Waals surface area contributed by atoms with Crippen molar-refractivity contribution in [3.63, 3.8) is 0 Å². The number of aliphatic hydroxyl groups is 1. The number of furan rings is 1. The molecule has 1 aromatic heterocycles. The Labute approximate surface area is 146 Å². The van der Waals surface area contributed by atoms with Crippen molar-refractivity contribution in [3.8, 4) is 0 Å². The highest BCUT2D eigenvalue weighted by atomic mass is 19.4. The number of carbonyl (C=O) groups is 1. The predicted octanol–water partition coefficient (Wildman–Crippen LogP) is 3.12. The Morgan fingerprint density at radius 2 is 2.04 bits per heavy atom. The molecule has 26 heavy (non-hydrogen) atoms. The minimum absolute atomic E-state index is 0.131. The second-order valence-corrected chi connectivity index (χ2v) is 5.56. The van der Waals surface area contributed by atoms with Crippen LogP contribution in [0.3, 0.4) is 0 Å². The number of carbonyl (C=O) groups excluding carboxylic acids is 1. The van der Waals surface area contributed by atoms with Gasteiger partial charge < -0.3 is 9.52 Å². The Morgan fingerprint density at radius 3 is 2.65 bits per heavy atom. The molecule has 2 aromatic rings. The van der Waals surface area contributed by atoms with Crippen LogP contribution in [0.25, 0.3) is 5.76 Å². The number of rotatable bonds is 4. The average molecular weight is 365 g/mol. The zero-order valence-corrected chi connectivity index (χ0v) is 13.3. The summed E-state index contributed by atoms with van der Waals surface area (Å²) in [7, 11) is 0. The third kappa shape index (κ3) is 3.88. The maximum Gasteiger partial charge on any atom is 0.416 e. The molecular weight excluding hydrogens is 351 g/mol. The van der Waals surface area contributed by atoms with E-state index in [0.29, 0.717) is 16.7 Å². The standard InChI is InChI=1S/C17H14F3N3O3/c18-17(19,20)13-3-1-11(2-4-13)5-12-7-26-8-14(12)15(24)6-16(25)23-10-21-9-22-23/h1-4,6-9,24H,5,10H2,(H,21,22). The van der Waals surface area contributed by atoms with Crippen LogP contribution in [0, 0.1) is 0 Å². The molecule has 2 N–H and O–H groups in total. The van der Waals surface area contributed by atoms with Gasteiger partial charge in [0, 0.05) is 18.1 Å². The van der Waals surface area contributed by atoms with Gasteiger partial charge in [0.05, 0.1) is 17.4 Å². The summed E-state index contributed by atoms with van der Waals surface area (Å²) in [5.74, 6) is -0.805. The fraction of sp³-hybridized carbons (Fsp3) is 0.176. The normalized spacial score (nSPS) is 14.6. The minimum Gasteiger partial charge on any atom is -0.507 e. The number of hydrogen-bond acceptors (Lipinski definition) is 5. The van der Waals surface area contributed by atoms with Gasteiger partial charge >= 0.3 is 6.18 Å². The third-order valence-electron chi connectivity index (χ3n) is 3.75. The lowest BCUT2D eigenvalue weighted by molar-refractivity contribution is -0.137. The summed E-state index contributed by atoms with van der Waals surface area (Å²) in [4.78, 5) is 15.8. The summed E-state index contributed by atoms with van der Waals surface area (Å²) in [5.41, 5.74) is 3.30. The number of aliphatic imine (C=N–C) groups is 1. The molecule has 0 radical (unpaired) electrons. The van der Waals surface area contributed by atoms with Crippen molar-refractivity contribution in [3.05, 3.63) is 65.1 Å². The fourth-order valence-electron chi connectivity index (χ4n) is 2.40. The monoisotopic (exact) mass is 365 g/mol. The molecule has 9 heteroatoms. The Kier molecular flexibility index (Phi) is 4.70. The maximum atomic E-state index is 12.6. The number of halogens is 3. The van der Waals surface area contributed by atoms with Gasteiger partial charge in [-0.15, -0.1) is 0 Å². The summed E-state index contributed by atoms with van der Waals surface area (Å²) in [5, 5.41) is 11.4. The van der Waals surface area contributed by atoms with Crippen molar-refractivity contribution in [1.82, 2.24) is 10.4 Å². The molecule has 0 spiro atoms. The molecule has 6 nitrogen and oxygen atoms in total. The lowest BCUT2D eigenvalue weighted by atomic mass is 10.0. The van der Waals surface area contributed by atoms with Gasteiger partial charge in [-0.2, -0.15) is 13.2 Å². The summed E-state index contributed by atoms with van der Waals surface area (Å²) < 4.78 is 42.9. The van der Waals surface area contributed by atoms with Crippen LogP contribution in [0.1, 0.15) is 22.3 Å². The van der Waals surface area contributed by atoms with Crippen molar-refractivity contribution in [2.45, 2.75) is 12.6 Å². The molecule has 0 saturated heterocycles. The lowest BCUT2D eigenvalue weighted by Crippen LogP contribution is -2.36. The van der Waals surface area contributed by atoms with Crippen molar-refractivity contribution in [1.29, 1.82) is 0 Å². The molecule has 0 atom stereocenters. The average Bonchev–Trinajstić information content (AvgIpc) is 3.26. The molecule has 0 aliphatic carbocycles. The highest BCUT2D eigenvalue weighted by Crippen LogP contribution is 2.30. The summed E-state index contributed by atoms with van der Waals surface area (Å²) in [6.45, 7) is 0.131. The molecule has 1 aliphatic rings. The molecule has 2 heterocycles. The third-order valence-corrected chi connectivity index (χ3v) is 3.75. The first-order valence-electron chi connectivity index (χ1n) is 7.53. The Morgan fingerprint density at radius 1 is 1.31 bits per heavy atom. The van der Waals surface area contributed by atoms with Crippen LogP contribution in [-0.4, -0.2) is 29.0 Å². The second kappa shape index (κ2) is 6.95. The number of alkyl halides is 3. The number of amides is 1. The quantitative estimate of drug-likeness (QED) is 0.645. The minimum atomic E-state index is -4.39. The maximum absolute atomic E-state index is 12.6. The molecule has 136 valence electrons. The van der Waals surface area contributed by atoms with Crippen LogP contribution in [0.2, 0.25) is 0 Å². The molecule has 0 unspecified atom stereocenters. The van der Waals surface area contributed by atoms with E-state index in [4.69, 9.17) is 4.42 Å². The summed E-state index contributed by atoms with van der Waals surface area (Å²) in [6, 6.07) is 4.70. The number of benzene rings is 1. The van der Waals surface area contributed by atoms with Crippen LogP contribution >= 0.6 is 0 Å². The largest absolute Gasteiger partial charge is 0.507 e. The van der Waals surface area contributed by atoms with E-state index in [1.807, 2.05) is 0 Å². The molecule has 0 fully saturated rings. The summed E-state index contributed by atoms with van der Waals surface area (Å²) >= 11 is 0. The topological polar surface area (TPSA) is 78.1 Å². The van der Waals surface area contributed by atoms with E-state index >= 15 is 0 Å². The molecule has 1 aromatic carbocycles. The molecular formula is C17H14F3N3O3. The van der Waals surface area contributed by atoms with Crippen LogP contribution in [0.5, 0.6) is 0 Å². The van der Waals surface area contributed by atoms with Crippen molar-refractivity contribution in [2.75, 3.05) is 6.67 Å². The smallest absolute Gasteiger partial charge is 0.416 e. The number of aliphatic hydroxyl groups excluding tert-OH is 1. The summed E-state index contributed by atoms with van der Waals surface area (Å²) in [6.07, 6.45) is 0.861. The van der Waals surface area contributed by atoms with E-state index in [2.05, 4.69) is 10.4 Å². The Bertz CT molecular complexity index is 846. The van der Waals surface area contributed by atoms with Crippen molar-refractivity contribution in [2.24, 2.45) is 4.99 Å². The number of nitrogens with zero attached hydrogens (tertiary/aromatic N) is 2. The van der Waals surface area contributed by atoms with Crippen molar-refractivity contribution >= 4 is 18.0 Å². The van der Waals surface area contributed by atoms with Gasteiger partial charge in [-0.05, 0) is 17.7 Å². The first-order valence-corrected chi connectivity index (χ1v) is 7.53. The van der Waals surface area contributed by atoms with E-state index in [0.717, 1.165) is 18.2 Å².